The average Bonchev–Trinajstić information content (AvgIpc) is 3.55. The van der Waals surface area contributed by atoms with Crippen LogP contribution in [-0.4, -0.2) is 76.2 Å². The summed E-state index contributed by atoms with van der Waals surface area (Å²) in [5, 5.41) is 12.5. The topological polar surface area (TPSA) is 96.4 Å². The largest absolute Gasteiger partial charge is 0.461 e. The molecular weight excluding hydrogens is 588 g/mol. The van der Waals surface area contributed by atoms with Crippen LogP contribution in [0.3, 0.4) is 0 Å². The first-order chi connectivity index (χ1) is 19.7. The smallest absolute Gasteiger partial charge is 0.312 e. The minimum absolute atomic E-state index is 0.0106. The van der Waals surface area contributed by atoms with Gasteiger partial charge in [0, 0.05) is 17.1 Å². The summed E-state index contributed by atoms with van der Waals surface area (Å²) in [6.45, 7) is 11.4. The van der Waals surface area contributed by atoms with Gasteiger partial charge in [-0.2, -0.15) is 0 Å². The van der Waals surface area contributed by atoms with Crippen LogP contribution >= 0.6 is 15.9 Å². The van der Waals surface area contributed by atoms with Gasteiger partial charge in [-0.15, -0.1) is 6.58 Å². The van der Waals surface area contributed by atoms with Crippen molar-refractivity contribution in [3.63, 3.8) is 0 Å². The maximum atomic E-state index is 14.8. The van der Waals surface area contributed by atoms with E-state index in [4.69, 9.17) is 9.47 Å². The molecule has 8 nitrogen and oxygen atoms in total. The van der Waals surface area contributed by atoms with Gasteiger partial charge in [-0.3, -0.25) is 14.4 Å². The van der Waals surface area contributed by atoms with E-state index >= 15 is 0 Å². The van der Waals surface area contributed by atoms with Crippen molar-refractivity contribution in [3.05, 3.63) is 67.8 Å². The highest BCUT2D eigenvalue weighted by Crippen LogP contribution is 2.61. The Balaban J connectivity index is 1.62. The molecule has 3 heterocycles. The van der Waals surface area contributed by atoms with E-state index in [-0.39, 0.29) is 42.3 Å². The molecule has 0 radical (unpaired) electrons. The molecule has 2 amide bonds. The molecule has 5 rings (SSSR count). The standard InChI is InChI=1S/C32H37BrN2O6/c1-5-13-34(22-12-11-20-9-7-8-10-21(20)16-22)30(38)28-32-17-24(33)27(41-32)25(31(39)40-14-6-2)26(32)29(37)35(28)23(18-36)15-19(3)4/h5-12,16,19,23-28,36H,1-2,13-15,17-18H2,3-4H3/t23-,24?,25-,26+,27-,28?,32?/m1/s1. The van der Waals surface area contributed by atoms with Gasteiger partial charge in [-0.25, -0.2) is 0 Å². The summed E-state index contributed by atoms with van der Waals surface area (Å²) < 4.78 is 12.0. The Hall–Kier alpha value is -3.01. The first kappa shape index (κ1) is 29.5. The molecule has 1 spiro atoms. The molecule has 3 aliphatic rings. The van der Waals surface area contributed by atoms with Crippen molar-refractivity contribution in [1.82, 2.24) is 4.90 Å². The molecule has 218 valence electrons. The van der Waals surface area contributed by atoms with Gasteiger partial charge in [-0.05, 0) is 41.7 Å². The van der Waals surface area contributed by atoms with Crippen LogP contribution in [0.1, 0.15) is 26.7 Å². The van der Waals surface area contributed by atoms with Gasteiger partial charge in [0.15, 0.2) is 0 Å². The Bertz CT molecular complexity index is 1360. The second kappa shape index (κ2) is 11.7. The van der Waals surface area contributed by atoms with Crippen molar-refractivity contribution in [2.45, 2.75) is 55.3 Å². The summed E-state index contributed by atoms with van der Waals surface area (Å²) in [5.74, 6) is -2.88. The number of alkyl halides is 1. The molecule has 2 aromatic carbocycles. The summed E-state index contributed by atoms with van der Waals surface area (Å²) in [6.07, 6.45) is 3.36. The molecule has 3 fully saturated rings. The number of carbonyl (C=O) groups is 3. The molecule has 0 aromatic heterocycles. The number of benzene rings is 2. The molecule has 41 heavy (non-hydrogen) atoms. The number of carbonyl (C=O) groups excluding carboxylic acids is 3. The number of nitrogens with zero attached hydrogens (tertiary/aromatic N) is 2. The number of fused-ring (bicyclic) bond motifs is 2. The molecule has 2 bridgehead atoms. The first-order valence-corrected chi connectivity index (χ1v) is 15.0. The molecule has 0 aliphatic carbocycles. The lowest BCUT2D eigenvalue weighted by molar-refractivity contribution is -0.154. The maximum absolute atomic E-state index is 14.8. The summed E-state index contributed by atoms with van der Waals surface area (Å²) in [7, 11) is 0. The van der Waals surface area contributed by atoms with Gasteiger partial charge in [0.25, 0.3) is 5.91 Å². The Morgan fingerprint density at radius 1 is 1.22 bits per heavy atom. The molecule has 3 saturated heterocycles. The molecule has 2 aromatic rings. The van der Waals surface area contributed by atoms with E-state index in [2.05, 4.69) is 29.1 Å². The molecular formula is C32H37BrN2O6. The zero-order valence-corrected chi connectivity index (χ0v) is 25.0. The number of amides is 2. The Labute approximate surface area is 249 Å². The highest BCUT2D eigenvalue weighted by molar-refractivity contribution is 9.09. The zero-order chi connectivity index (χ0) is 29.5. The SMILES string of the molecule is C=CCOC(=O)[C@H]1[C@@H]2OC3(CC2Br)C(C(=O)N(CC=C)c2ccc4ccccc4c2)N([C@@H](CO)CC(C)C)C(=O)[C@H]13. The van der Waals surface area contributed by atoms with E-state index in [1.54, 1.807) is 11.0 Å². The van der Waals surface area contributed by atoms with Crippen molar-refractivity contribution in [3.8, 4) is 0 Å². The lowest BCUT2D eigenvalue weighted by Crippen LogP contribution is -2.59. The number of likely N-dealkylation sites (tertiary alicyclic amines) is 1. The van der Waals surface area contributed by atoms with Gasteiger partial charge < -0.3 is 24.4 Å². The molecule has 3 unspecified atom stereocenters. The van der Waals surface area contributed by atoms with Gasteiger partial charge in [0.05, 0.1) is 30.6 Å². The Kier molecular flexibility index (Phi) is 8.41. The Morgan fingerprint density at radius 3 is 2.61 bits per heavy atom. The normalized spacial score (nSPS) is 29.0. The number of hydrogen-bond acceptors (Lipinski definition) is 6. The fourth-order valence-electron chi connectivity index (χ4n) is 7.01. The molecule has 9 heteroatoms. The number of rotatable bonds is 11. The van der Waals surface area contributed by atoms with E-state index in [0.29, 0.717) is 18.5 Å². The van der Waals surface area contributed by atoms with Crippen molar-refractivity contribution < 1.29 is 29.0 Å². The number of aliphatic hydroxyl groups is 1. The summed E-state index contributed by atoms with van der Waals surface area (Å²) in [5.41, 5.74) is -0.596. The van der Waals surface area contributed by atoms with Crippen molar-refractivity contribution in [2.24, 2.45) is 17.8 Å². The maximum Gasteiger partial charge on any atom is 0.312 e. The van der Waals surface area contributed by atoms with Crippen molar-refractivity contribution >= 4 is 50.2 Å². The van der Waals surface area contributed by atoms with E-state index in [9.17, 15) is 19.5 Å². The molecule has 1 N–H and O–H groups in total. The van der Waals surface area contributed by atoms with E-state index in [0.717, 1.165) is 10.8 Å². The summed E-state index contributed by atoms with van der Waals surface area (Å²) in [4.78, 5) is 45.3. The predicted octanol–water partition coefficient (Wildman–Crippen LogP) is 4.24. The summed E-state index contributed by atoms with van der Waals surface area (Å²) >= 11 is 3.68. The average molecular weight is 626 g/mol. The number of ether oxygens (including phenoxy) is 2. The first-order valence-electron chi connectivity index (χ1n) is 14.1. The lowest BCUT2D eigenvalue weighted by Gasteiger charge is -2.39. The van der Waals surface area contributed by atoms with Crippen molar-refractivity contribution in [2.75, 3.05) is 24.7 Å². The van der Waals surface area contributed by atoms with E-state index < -0.39 is 41.6 Å². The molecule has 0 saturated carbocycles. The second-order valence-electron chi connectivity index (χ2n) is 11.6. The highest BCUT2D eigenvalue weighted by atomic mass is 79.9. The minimum atomic E-state index is -1.26. The van der Waals surface area contributed by atoms with E-state index in [1.165, 1.54) is 11.0 Å². The molecule has 7 atom stereocenters. The van der Waals surface area contributed by atoms with Gasteiger partial charge in [-0.1, -0.05) is 78.8 Å². The van der Waals surface area contributed by atoms with Crippen LogP contribution in [0.25, 0.3) is 10.8 Å². The fourth-order valence-corrected chi connectivity index (χ4v) is 7.95. The summed E-state index contributed by atoms with van der Waals surface area (Å²) in [6, 6.07) is 12.0. The number of esters is 1. The van der Waals surface area contributed by atoms with Crippen LogP contribution in [-0.2, 0) is 23.9 Å². The number of hydrogen-bond donors (Lipinski definition) is 1. The van der Waals surface area contributed by atoms with E-state index in [1.807, 2.05) is 56.3 Å². The minimum Gasteiger partial charge on any atom is -0.461 e. The predicted molar refractivity (Wildman–Crippen MR) is 161 cm³/mol. The third-order valence-corrected chi connectivity index (χ3v) is 9.39. The third kappa shape index (κ3) is 4.91. The van der Waals surface area contributed by atoms with Gasteiger partial charge in [0.1, 0.15) is 18.2 Å². The zero-order valence-electron chi connectivity index (χ0n) is 23.4. The molecule has 3 aliphatic heterocycles. The lowest BCUT2D eigenvalue weighted by atomic mass is 9.70. The van der Waals surface area contributed by atoms with Crippen LogP contribution in [0.4, 0.5) is 5.69 Å². The van der Waals surface area contributed by atoms with Gasteiger partial charge in [0.2, 0.25) is 5.91 Å². The van der Waals surface area contributed by atoms with Crippen LogP contribution in [0.2, 0.25) is 0 Å². The number of halogens is 1. The van der Waals surface area contributed by atoms with Crippen molar-refractivity contribution in [1.29, 1.82) is 0 Å². The third-order valence-electron chi connectivity index (χ3n) is 8.55. The highest BCUT2D eigenvalue weighted by Gasteiger charge is 2.77. The number of anilines is 1. The van der Waals surface area contributed by atoms with Crippen LogP contribution in [0.15, 0.2) is 67.8 Å². The van der Waals surface area contributed by atoms with Gasteiger partial charge >= 0.3 is 5.97 Å². The van der Waals surface area contributed by atoms with Crippen LogP contribution < -0.4 is 4.90 Å². The Morgan fingerprint density at radius 2 is 1.95 bits per heavy atom. The van der Waals surface area contributed by atoms with Crippen LogP contribution in [0.5, 0.6) is 0 Å². The van der Waals surface area contributed by atoms with Crippen LogP contribution in [0, 0.1) is 17.8 Å². The second-order valence-corrected chi connectivity index (χ2v) is 12.7. The fraction of sp³-hybridized carbons (Fsp3) is 0.469. The quantitative estimate of drug-likeness (QED) is 0.228. The monoisotopic (exact) mass is 624 g/mol. The number of aliphatic hydroxyl groups excluding tert-OH is 1.